The van der Waals surface area contributed by atoms with Gasteiger partial charge < -0.3 is 0 Å². The lowest BCUT2D eigenvalue weighted by molar-refractivity contribution is 0.698. The molecule has 0 unspecified atom stereocenters. The van der Waals surface area contributed by atoms with Crippen LogP contribution in [0.5, 0.6) is 0 Å². The topological polar surface area (TPSA) is 0 Å². The third-order valence-electron chi connectivity index (χ3n) is 2.29. The van der Waals surface area contributed by atoms with Gasteiger partial charge in [-0.1, -0.05) is 52.4 Å². The van der Waals surface area contributed by atoms with Crippen molar-refractivity contribution >= 4 is 35.9 Å². The first-order valence-corrected chi connectivity index (χ1v) is 12.4. The molecule has 13 heavy (non-hydrogen) atoms. The van der Waals surface area contributed by atoms with E-state index in [4.69, 9.17) is 0 Å². The van der Waals surface area contributed by atoms with E-state index in [1.54, 1.807) is 0 Å². The number of halogens is 2. The van der Waals surface area contributed by atoms with Gasteiger partial charge in [-0.2, -0.15) is 0 Å². The van der Waals surface area contributed by atoms with Crippen LogP contribution in [0.2, 0.25) is 12.1 Å². The monoisotopic (exact) mass is 328 g/mol. The standard InChI is InChI=1S/C10H22Br2Si/c1-3-5-7-8-10-13(11,12)9-6-4-2/h3-10H2,1-2H3. The van der Waals surface area contributed by atoms with Crippen LogP contribution in [-0.2, 0) is 0 Å². The van der Waals surface area contributed by atoms with Gasteiger partial charge in [-0.3, -0.25) is 0 Å². The number of unbranched alkanes of at least 4 members (excludes halogenated alkanes) is 4. The highest BCUT2D eigenvalue weighted by atomic mass is 79.9. The minimum atomic E-state index is -1.15. The highest BCUT2D eigenvalue weighted by Crippen LogP contribution is 2.33. The molecule has 0 saturated heterocycles. The van der Waals surface area contributed by atoms with E-state index in [1.807, 2.05) is 0 Å². The predicted molar refractivity (Wildman–Crippen MR) is 72.3 cm³/mol. The van der Waals surface area contributed by atoms with Gasteiger partial charge in [-0.15, -0.1) is 30.6 Å². The quantitative estimate of drug-likeness (QED) is 0.309. The molecular formula is C10H22Br2Si. The van der Waals surface area contributed by atoms with Crippen molar-refractivity contribution in [3.8, 4) is 0 Å². The van der Waals surface area contributed by atoms with Gasteiger partial charge in [0.2, 0.25) is 5.31 Å². The minimum absolute atomic E-state index is 1.15. The lowest BCUT2D eigenvalue weighted by atomic mass is 10.2. The SMILES string of the molecule is CCCCCC[Si](Br)(Br)CCCC. The molecule has 0 aliphatic carbocycles. The molecule has 3 heteroatoms. The summed E-state index contributed by atoms with van der Waals surface area (Å²) in [5.74, 6) is 0. The van der Waals surface area contributed by atoms with E-state index < -0.39 is 5.31 Å². The summed E-state index contributed by atoms with van der Waals surface area (Å²) in [6.07, 6.45) is 8.25. The van der Waals surface area contributed by atoms with Crippen molar-refractivity contribution in [2.75, 3.05) is 0 Å². The predicted octanol–water partition coefficient (Wildman–Crippen LogP) is 5.60. The fraction of sp³-hybridized carbons (Fsp3) is 1.00. The van der Waals surface area contributed by atoms with Crippen molar-refractivity contribution in [1.82, 2.24) is 0 Å². The van der Waals surface area contributed by atoms with Gasteiger partial charge in [0.05, 0.1) is 0 Å². The molecule has 0 nitrogen and oxygen atoms in total. The Bertz CT molecular complexity index is 115. The molecule has 0 saturated carbocycles. The van der Waals surface area contributed by atoms with E-state index in [9.17, 15) is 0 Å². The average Bonchev–Trinajstić information content (AvgIpc) is 2.09. The van der Waals surface area contributed by atoms with Gasteiger partial charge in [-0.05, 0) is 12.1 Å². The van der Waals surface area contributed by atoms with E-state index in [0.29, 0.717) is 0 Å². The Kier molecular flexibility index (Phi) is 9.25. The van der Waals surface area contributed by atoms with Crippen LogP contribution in [0.3, 0.4) is 0 Å². The molecule has 0 aromatic rings. The first-order valence-electron chi connectivity index (χ1n) is 5.50. The number of hydrogen-bond donors (Lipinski definition) is 0. The molecule has 0 aliphatic heterocycles. The van der Waals surface area contributed by atoms with E-state index >= 15 is 0 Å². The maximum Gasteiger partial charge on any atom is 0.201 e. The van der Waals surface area contributed by atoms with Crippen LogP contribution in [0.25, 0.3) is 0 Å². The Morgan fingerprint density at radius 2 is 1.31 bits per heavy atom. The second-order valence-electron chi connectivity index (χ2n) is 3.77. The van der Waals surface area contributed by atoms with Crippen LogP contribution in [0.4, 0.5) is 0 Å². The molecule has 0 bridgehead atoms. The van der Waals surface area contributed by atoms with Crippen molar-refractivity contribution in [3.63, 3.8) is 0 Å². The molecule has 0 spiro atoms. The van der Waals surface area contributed by atoms with Crippen LogP contribution in [-0.4, -0.2) is 5.31 Å². The summed E-state index contributed by atoms with van der Waals surface area (Å²) in [6.45, 7) is 4.53. The second kappa shape index (κ2) is 8.48. The highest BCUT2D eigenvalue weighted by Gasteiger charge is 2.24. The summed E-state index contributed by atoms with van der Waals surface area (Å²) in [6, 6.07) is 2.78. The summed E-state index contributed by atoms with van der Waals surface area (Å²) in [7, 11) is 0. The van der Waals surface area contributed by atoms with Crippen LogP contribution in [0.1, 0.15) is 52.4 Å². The van der Waals surface area contributed by atoms with Crippen molar-refractivity contribution in [2.45, 2.75) is 64.5 Å². The van der Waals surface area contributed by atoms with Gasteiger partial charge >= 0.3 is 0 Å². The summed E-state index contributed by atoms with van der Waals surface area (Å²) in [5, 5.41) is -1.15. The first kappa shape index (κ1) is 14.2. The molecule has 0 amide bonds. The fourth-order valence-electron chi connectivity index (χ4n) is 1.37. The zero-order valence-electron chi connectivity index (χ0n) is 8.91. The molecule has 0 atom stereocenters. The maximum atomic E-state index is 3.89. The van der Waals surface area contributed by atoms with E-state index in [0.717, 1.165) is 0 Å². The molecule has 0 aliphatic rings. The Morgan fingerprint density at radius 3 is 1.85 bits per heavy atom. The van der Waals surface area contributed by atoms with Crippen LogP contribution in [0, 0.1) is 0 Å². The molecule has 0 radical (unpaired) electrons. The third-order valence-corrected chi connectivity index (χ3v) is 9.22. The maximum absolute atomic E-state index is 3.89. The summed E-state index contributed by atoms with van der Waals surface area (Å²) in [5.41, 5.74) is 0. The molecule has 0 fully saturated rings. The zero-order chi connectivity index (χ0) is 10.2. The van der Waals surface area contributed by atoms with Crippen molar-refractivity contribution in [1.29, 1.82) is 0 Å². The van der Waals surface area contributed by atoms with Gasteiger partial charge in [-0.25, -0.2) is 0 Å². The summed E-state index contributed by atoms with van der Waals surface area (Å²) >= 11 is 7.78. The van der Waals surface area contributed by atoms with Crippen molar-refractivity contribution in [2.24, 2.45) is 0 Å². The largest absolute Gasteiger partial charge is 0.201 e. The lowest BCUT2D eigenvalue weighted by Gasteiger charge is -2.16. The van der Waals surface area contributed by atoms with Crippen molar-refractivity contribution < 1.29 is 0 Å². The number of rotatable bonds is 8. The van der Waals surface area contributed by atoms with Crippen LogP contribution >= 0.6 is 30.6 Å². The Hall–Kier alpha value is 1.18. The highest BCUT2D eigenvalue weighted by molar-refractivity contribution is 9.51. The van der Waals surface area contributed by atoms with Gasteiger partial charge in [0.1, 0.15) is 0 Å². The van der Waals surface area contributed by atoms with E-state index in [-0.39, 0.29) is 0 Å². The Balaban J connectivity index is 3.39. The van der Waals surface area contributed by atoms with Gasteiger partial charge in [0.15, 0.2) is 0 Å². The molecule has 0 rings (SSSR count). The fourth-order valence-corrected chi connectivity index (χ4v) is 6.62. The lowest BCUT2D eigenvalue weighted by Crippen LogP contribution is -2.16. The molecule has 80 valence electrons. The minimum Gasteiger partial charge on any atom is -0.111 e. The second-order valence-corrected chi connectivity index (χ2v) is 18.8. The van der Waals surface area contributed by atoms with Crippen molar-refractivity contribution in [3.05, 3.63) is 0 Å². The van der Waals surface area contributed by atoms with Gasteiger partial charge in [0.25, 0.3) is 0 Å². The van der Waals surface area contributed by atoms with E-state index in [1.165, 1.54) is 50.6 Å². The molecule has 0 heterocycles. The first-order chi connectivity index (χ1) is 6.12. The summed E-state index contributed by atoms with van der Waals surface area (Å²) in [4.78, 5) is 0. The molecule has 0 aromatic heterocycles. The molecule has 0 aromatic carbocycles. The molecular weight excluding hydrogens is 308 g/mol. The normalized spacial score (nSPS) is 12.0. The number of hydrogen-bond acceptors (Lipinski definition) is 0. The smallest absolute Gasteiger partial charge is 0.111 e. The molecule has 0 N–H and O–H groups in total. The van der Waals surface area contributed by atoms with E-state index in [2.05, 4.69) is 44.4 Å². The van der Waals surface area contributed by atoms with Crippen LogP contribution < -0.4 is 0 Å². The third kappa shape index (κ3) is 9.48. The Morgan fingerprint density at radius 1 is 0.769 bits per heavy atom. The zero-order valence-corrected chi connectivity index (χ0v) is 13.1. The average molecular weight is 330 g/mol. The van der Waals surface area contributed by atoms with Gasteiger partial charge in [0, 0.05) is 0 Å². The summed E-state index contributed by atoms with van der Waals surface area (Å²) < 4.78 is 0. The Labute approximate surface area is 100 Å². The van der Waals surface area contributed by atoms with Crippen LogP contribution in [0.15, 0.2) is 0 Å².